The predicted molar refractivity (Wildman–Crippen MR) is 40.5 cm³/mol. The van der Waals surface area contributed by atoms with Gasteiger partial charge in [0.1, 0.15) is 0 Å². The summed E-state index contributed by atoms with van der Waals surface area (Å²) in [5.41, 5.74) is 5.75. The second kappa shape index (κ2) is 3.33. The summed E-state index contributed by atoms with van der Waals surface area (Å²) >= 11 is 0. The molecule has 0 aliphatic heterocycles. The summed E-state index contributed by atoms with van der Waals surface area (Å²) in [6, 6.07) is 0. The number of rotatable bonds is 4. The van der Waals surface area contributed by atoms with Crippen molar-refractivity contribution in [2.24, 2.45) is 11.1 Å². The monoisotopic (exact) mass is 145 g/mol. The molecule has 0 aromatic carbocycles. The Bertz CT molecular complexity index is 91.4. The van der Waals surface area contributed by atoms with Gasteiger partial charge in [0.05, 0.1) is 6.67 Å². The van der Waals surface area contributed by atoms with Gasteiger partial charge >= 0.3 is 0 Å². The Labute approximate surface area is 61.8 Å². The van der Waals surface area contributed by atoms with E-state index in [1.807, 2.05) is 0 Å². The van der Waals surface area contributed by atoms with Crippen LogP contribution in [-0.2, 0) is 0 Å². The van der Waals surface area contributed by atoms with Gasteiger partial charge in [0.15, 0.2) is 0 Å². The van der Waals surface area contributed by atoms with Crippen LogP contribution in [0.25, 0.3) is 0 Å². The Balaban J connectivity index is 2.27. The van der Waals surface area contributed by atoms with E-state index in [-0.39, 0.29) is 6.67 Å². The summed E-state index contributed by atoms with van der Waals surface area (Å²) in [5, 5.41) is 0. The summed E-state index contributed by atoms with van der Waals surface area (Å²) in [7, 11) is 0. The van der Waals surface area contributed by atoms with E-state index in [0.29, 0.717) is 5.41 Å². The topological polar surface area (TPSA) is 26.0 Å². The maximum Gasteiger partial charge on any atom is 0.0899 e. The third kappa shape index (κ3) is 1.48. The second-order valence-electron chi connectivity index (χ2n) is 3.33. The number of alkyl halides is 1. The number of halogens is 1. The molecule has 1 aliphatic carbocycles. The van der Waals surface area contributed by atoms with Crippen LogP contribution in [-0.4, -0.2) is 13.2 Å². The van der Waals surface area contributed by atoms with E-state index < -0.39 is 0 Å². The van der Waals surface area contributed by atoms with Crippen LogP contribution in [0.3, 0.4) is 0 Å². The number of nitrogens with two attached hydrogens (primary N) is 1. The molecule has 0 spiro atoms. The molecule has 1 nitrogen and oxygen atoms in total. The summed E-state index contributed by atoms with van der Waals surface area (Å²) in [4.78, 5) is 0. The number of hydrogen-bond acceptors (Lipinski definition) is 1. The van der Waals surface area contributed by atoms with Crippen LogP contribution in [0.4, 0.5) is 4.39 Å². The van der Waals surface area contributed by atoms with E-state index in [0.717, 1.165) is 19.4 Å². The van der Waals surface area contributed by atoms with Gasteiger partial charge in [-0.3, -0.25) is 4.39 Å². The van der Waals surface area contributed by atoms with Crippen LogP contribution in [0.2, 0.25) is 0 Å². The molecule has 0 atom stereocenters. The lowest BCUT2D eigenvalue weighted by molar-refractivity contribution is 0.0983. The van der Waals surface area contributed by atoms with E-state index in [2.05, 4.69) is 0 Å². The normalized spacial score (nSPS) is 22.2. The highest BCUT2D eigenvalue weighted by molar-refractivity contribution is 4.87. The van der Waals surface area contributed by atoms with Gasteiger partial charge in [0.25, 0.3) is 0 Å². The average molecular weight is 145 g/mol. The zero-order valence-electron chi connectivity index (χ0n) is 6.41. The Morgan fingerprint density at radius 1 is 1.30 bits per heavy atom. The molecular formula is C8H16FN. The smallest absolute Gasteiger partial charge is 0.0899 e. The first-order valence-corrected chi connectivity index (χ1v) is 4.09. The molecule has 1 rings (SSSR count). The van der Waals surface area contributed by atoms with E-state index in [1.165, 1.54) is 19.3 Å². The summed E-state index contributed by atoms with van der Waals surface area (Å²) < 4.78 is 12.0. The van der Waals surface area contributed by atoms with Gasteiger partial charge in [-0.15, -0.1) is 0 Å². The molecule has 2 heteroatoms. The fourth-order valence-corrected chi connectivity index (χ4v) is 1.81. The van der Waals surface area contributed by atoms with Crippen molar-refractivity contribution >= 4 is 0 Å². The van der Waals surface area contributed by atoms with Crippen LogP contribution in [0.5, 0.6) is 0 Å². The van der Waals surface area contributed by atoms with E-state index in [1.54, 1.807) is 0 Å². The number of hydrogen-bond donors (Lipinski definition) is 1. The Hall–Kier alpha value is -0.110. The maximum atomic E-state index is 12.0. The quantitative estimate of drug-likeness (QED) is 0.642. The van der Waals surface area contributed by atoms with Crippen molar-refractivity contribution in [2.45, 2.75) is 32.1 Å². The van der Waals surface area contributed by atoms with Gasteiger partial charge in [-0.2, -0.15) is 0 Å². The Kier molecular flexibility index (Phi) is 2.66. The lowest BCUT2D eigenvalue weighted by Gasteiger charge is -2.41. The van der Waals surface area contributed by atoms with Crippen LogP contribution in [0, 0.1) is 5.41 Å². The zero-order chi connectivity index (χ0) is 7.45. The lowest BCUT2D eigenvalue weighted by atomic mass is 9.65. The molecule has 60 valence electrons. The van der Waals surface area contributed by atoms with E-state index in [4.69, 9.17) is 5.73 Å². The van der Waals surface area contributed by atoms with E-state index >= 15 is 0 Å². The second-order valence-corrected chi connectivity index (χ2v) is 3.33. The molecule has 0 aromatic rings. The average Bonchev–Trinajstić information content (AvgIpc) is 1.84. The Morgan fingerprint density at radius 3 is 2.30 bits per heavy atom. The highest BCUT2D eigenvalue weighted by Gasteiger charge is 2.35. The summed E-state index contributed by atoms with van der Waals surface area (Å²) in [6.07, 6.45) is 5.45. The SMILES string of the molecule is NCCC1(CCF)CCC1. The highest BCUT2D eigenvalue weighted by atomic mass is 19.1. The van der Waals surface area contributed by atoms with E-state index in [9.17, 15) is 4.39 Å². The molecule has 1 aliphatic rings. The largest absolute Gasteiger partial charge is 0.330 e. The van der Waals surface area contributed by atoms with Crippen LogP contribution in [0.1, 0.15) is 32.1 Å². The standard InChI is InChI=1S/C8H16FN/c9-6-4-8(5-7-10)2-1-3-8/h1-7,10H2. The van der Waals surface area contributed by atoms with Crippen molar-refractivity contribution in [3.8, 4) is 0 Å². The third-order valence-electron chi connectivity index (χ3n) is 2.71. The highest BCUT2D eigenvalue weighted by Crippen LogP contribution is 2.46. The molecular weight excluding hydrogens is 129 g/mol. The molecule has 1 saturated carbocycles. The van der Waals surface area contributed by atoms with Crippen molar-refractivity contribution in [3.63, 3.8) is 0 Å². The molecule has 0 bridgehead atoms. The minimum absolute atomic E-state index is 0.167. The molecule has 0 aromatic heterocycles. The van der Waals surface area contributed by atoms with Crippen LogP contribution < -0.4 is 5.73 Å². The molecule has 1 fully saturated rings. The molecule has 0 saturated heterocycles. The van der Waals surface area contributed by atoms with Crippen molar-refractivity contribution in [3.05, 3.63) is 0 Å². The van der Waals surface area contributed by atoms with Gasteiger partial charge < -0.3 is 5.73 Å². The minimum Gasteiger partial charge on any atom is -0.330 e. The van der Waals surface area contributed by atoms with Crippen molar-refractivity contribution < 1.29 is 4.39 Å². The van der Waals surface area contributed by atoms with Gasteiger partial charge in [-0.05, 0) is 37.6 Å². The van der Waals surface area contributed by atoms with Crippen LogP contribution in [0.15, 0.2) is 0 Å². The molecule has 2 N–H and O–H groups in total. The third-order valence-corrected chi connectivity index (χ3v) is 2.71. The zero-order valence-corrected chi connectivity index (χ0v) is 6.41. The van der Waals surface area contributed by atoms with Gasteiger partial charge in [-0.1, -0.05) is 6.42 Å². The molecule has 10 heavy (non-hydrogen) atoms. The fourth-order valence-electron chi connectivity index (χ4n) is 1.81. The van der Waals surface area contributed by atoms with Crippen molar-refractivity contribution in [2.75, 3.05) is 13.2 Å². The fraction of sp³-hybridized carbons (Fsp3) is 1.00. The van der Waals surface area contributed by atoms with Gasteiger partial charge in [-0.25, -0.2) is 0 Å². The van der Waals surface area contributed by atoms with Gasteiger partial charge in [0, 0.05) is 0 Å². The molecule has 0 heterocycles. The lowest BCUT2D eigenvalue weighted by Crippen LogP contribution is -2.32. The minimum atomic E-state index is -0.167. The predicted octanol–water partition coefficient (Wildman–Crippen LogP) is 1.87. The summed E-state index contributed by atoms with van der Waals surface area (Å²) in [6.45, 7) is 0.556. The first kappa shape index (κ1) is 7.99. The Morgan fingerprint density at radius 2 is 2.00 bits per heavy atom. The van der Waals surface area contributed by atoms with Gasteiger partial charge in [0.2, 0.25) is 0 Å². The first-order chi connectivity index (χ1) is 4.83. The van der Waals surface area contributed by atoms with Crippen molar-refractivity contribution in [1.82, 2.24) is 0 Å². The first-order valence-electron chi connectivity index (χ1n) is 4.09. The molecule has 0 radical (unpaired) electrons. The van der Waals surface area contributed by atoms with Crippen molar-refractivity contribution in [1.29, 1.82) is 0 Å². The molecule has 0 unspecified atom stereocenters. The summed E-state index contributed by atoms with van der Waals surface area (Å²) in [5.74, 6) is 0. The van der Waals surface area contributed by atoms with Crippen LogP contribution >= 0.6 is 0 Å². The molecule has 0 amide bonds. The maximum absolute atomic E-state index is 12.0.